The van der Waals surface area contributed by atoms with Gasteiger partial charge < -0.3 is 4.42 Å². The third-order valence-corrected chi connectivity index (χ3v) is 5.12. The van der Waals surface area contributed by atoms with Gasteiger partial charge in [-0.25, -0.2) is 0 Å². The Bertz CT molecular complexity index is 1330. The number of benzene rings is 4. The summed E-state index contributed by atoms with van der Waals surface area (Å²) in [7, 11) is 0. The van der Waals surface area contributed by atoms with Crippen LogP contribution in [0.25, 0.3) is 44.2 Å². The first kappa shape index (κ1) is 17.6. The zero-order valence-electron chi connectivity index (χ0n) is 15.2. The first-order valence-corrected chi connectivity index (χ1v) is 9.18. The fourth-order valence-electron chi connectivity index (χ4n) is 3.64. The van der Waals surface area contributed by atoms with Crippen LogP contribution in [0.1, 0.15) is 5.56 Å². The van der Waals surface area contributed by atoms with Gasteiger partial charge in [0.05, 0.1) is 5.56 Å². The molecule has 1 heterocycles. The molecule has 0 fully saturated rings. The summed E-state index contributed by atoms with van der Waals surface area (Å²) in [5.41, 5.74) is 4.34. The Balaban J connectivity index is 1.53. The van der Waals surface area contributed by atoms with Crippen LogP contribution < -0.4 is 0 Å². The summed E-state index contributed by atoms with van der Waals surface area (Å²) in [6.45, 7) is 0. The maximum Gasteiger partial charge on any atom is 0.416 e. The van der Waals surface area contributed by atoms with Crippen molar-refractivity contribution >= 4 is 21.9 Å². The Morgan fingerprint density at radius 2 is 1.14 bits per heavy atom. The van der Waals surface area contributed by atoms with Gasteiger partial charge in [-0.1, -0.05) is 60.7 Å². The van der Waals surface area contributed by atoms with Crippen molar-refractivity contribution in [3.8, 4) is 22.3 Å². The van der Waals surface area contributed by atoms with Gasteiger partial charge in [0.1, 0.15) is 11.2 Å². The SMILES string of the molecule is FC(F)(F)c1cccc(-c2ccc(-c3ccc4oc5ccccc5c4c3)cc2)c1. The highest BCUT2D eigenvalue weighted by Gasteiger charge is 2.30. The van der Waals surface area contributed by atoms with Gasteiger partial charge in [0.25, 0.3) is 0 Å². The monoisotopic (exact) mass is 388 g/mol. The van der Waals surface area contributed by atoms with E-state index in [1.54, 1.807) is 6.07 Å². The lowest BCUT2D eigenvalue weighted by atomic mass is 9.98. The Labute approximate surface area is 165 Å². The fraction of sp³-hybridized carbons (Fsp3) is 0.0400. The minimum Gasteiger partial charge on any atom is -0.456 e. The molecule has 5 rings (SSSR count). The van der Waals surface area contributed by atoms with Gasteiger partial charge in [0.2, 0.25) is 0 Å². The molecule has 0 atom stereocenters. The predicted molar refractivity (Wildman–Crippen MR) is 110 cm³/mol. The van der Waals surface area contributed by atoms with Crippen LogP contribution in [0.15, 0.2) is 95.4 Å². The number of fused-ring (bicyclic) bond motifs is 3. The van der Waals surface area contributed by atoms with Crippen molar-refractivity contribution in [2.24, 2.45) is 0 Å². The Kier molecular flexibility index (Phi) is 3.95. The molecule has 0 saturated heterocycles. The van der Waals surface area contributed by atoms with Crippen molar-refractivity contribution in [1.29, 1.82) is 0 Å². The van der Waals surface area contributed by atoms with Gasteiger partial charge in [0, 0.05) is 10.8 Å². The van der Waals surface area contributed by atoms with Crippen molar-refractivity contribution in [3.63, 3.8) is 0 Å². The maximum absolute atomic E-state index is 13.0. The van der Waals surface area contributed by atoms with E-state index < -0.39 is 11.7 Å². The minimum atomic E-state index is -4.35. The van der Waals surface area contributed by atoms with Crippen molar-refractivity contribution in [2.75, 3.05) is 0 Å². The highest BCUT2D eigenvalue weighted by Crippen LogP contribution is 2.34. The molecular weight excluding hydrogens is 373 g/mol. The predicted octanol–water partition coefficient (Wildman–Crippen LogP) is 7.94. The van der Waals surface area contributed by atoms with E-state index in [9.17, 15) is 13.2 Å². The van der Waals surface area contributed by atoms with E-state index in [4.69, 9.17) is 4.42 Å². The van der Waals surface area contributed by atoms with Crippen molar-refractivity contribution < 1.29 is 17.6 Å². The molecular formula is C25H15F3O. The number of para-hydroxylation sites is 1. The number of hydrogen-bond acceptors (Lipinski definition) is 1. The molecule has 0 spiro atoms. The lowest BCUT2D eigenvalue weighted by Gasteiger charge is -2.09. The third kappa shape index (κ3) is 3.17. The average Bonchev–Trinajstić information content (AvgIpc) is 3.11. The standard InChI is InChI=1S/C25H15F3O/c26-25(27,28)20-5-3-4-18(14-20)16-8-10-17(11-9-16)19-12-13-24-22(15-19)21-6-1-2-7-23(21)29-24/h1-15H. The highest BCUT2D eigenvalue weighted by molar-refractivity contribution is 6.06. The first-order chi connectivity index (χ1) is 14.0. The zero-order valence-corrected chi connectivity index (χ0v) is 15.2. The highest BCUT2D eigenvalue weighted by atomic mass is 19.4. The van der Waals surface area contributed by atoms with Crippen LogP contribution in [0.4, 0.5) is 13.2 Å². The molecule has 0 aliphatic rings. The van der Waals surface area contributed by atoms with E-state index in [0.717, 1.165) is 44.7 Å². The van der Waals surface area contributed by atoms with Gasteiger partial charge in [-0.05, 0) is 52.6 Å². The van der Waals surface area contributed by atoms with Gasteiger partial charge in [-0.2, -0.15) is 13.2 Å². The molecule has 29 heavy (non-hydrogen) atoms. The fourth-order valence-corrected chi connectivity index (χ4v) is 3.64. The molecule has 4 heteroatoms. The van der Waals surface area contributed by atoms with E-state index in [2.05, 4.69) is 6.07 Å². The second-order valence-electron chi connectivity index (χ2n) is 6.97. The Morgan fingerprint density at radius 1 is 0.517 bits per heavy atom. The first-order valence-electron chi connectivity index (χ1n) is 9.18. The summed E-state index contributed by atoms with van der Waals surface area (Å²) < 4.78 is 44.8. The van der Waals surface area contributed by atoms with Crippen LogP contribution in [0, 0.1) is 0 Å². The molecule has 1 nitrogen and oxygen atoms in total. The van der Waals surface area contributed by atoms with Gasteiger partial charge in [-0.3, -0.25) is 0 Å². The van der Waals surface area contributed by atoms with Gasteiger partial charge in [-0.15, -0.1) is 0 Å². The number of halogens is 3. The van der Waals surface area contributed by atoms with Crippen LogP contribution in [0.2, 0.25) is 0 Å². The lowest BCUT2D eigenvalue weighted by molar-refractivity contribution is -0.137. The molecule has 1 aromatic heterocycles. The largest absolute Gasteiger partial charge is 0.456 e. The number of furan rings is 1. The smallest absolute Gasteiger partial charge is 0.416 e. The summed E-state index contributed by atoms with van der Waals surface area (Å²) in [5, 5.41) is 2.10. The van der Waals surface area contributed by atoms with Crippen LogP contribution in [-0.2, 0) is 6.18 Å². The summed E-state index contributed by atoms with van der Waals surface area (Å²) in [6.07, 6.45) is -4.35. The van der Waals surface area contributed by atoms with E-state index in [1.165, 1.54) is 12.1 Å². The van der Waals surface area contributed by atoms with Crippen LogP contribution in [-0.4, -0.2) is 0 Å². The van der Waals surface area contributed by atoms with Crippen LogP contribution >= 0.6 is 0 Å². The summed E-state index contributed by atoms with van der Waals surface area (Å²) in [6, 6.07) is 26.9. The second-order valence-corrected chi connectivity index (χ2v) is 6.97. The minimum absolute atomic E-state index is 0.544. The molecule has 0 aliphatic carbocycles. The average molecular weight is 388 g/mol. The molecule has 5 aromatic rings. The van der Waals surface area contributed by atoms with E-state index in [1.807, 2.05) is 60.7 Å². The number of hydrogen-bond donors (Lipinski definition) is 0. The van der Waals surface area contributed by atoms with Crippen molar-refractivity contribution in [3.05, 3.63) is 96.6 Å². The summed E-state index contributed by atoms with van der Waals surface area (Å²) in [4.78, 5) is 0. The number of alkyl halides is 3. The molecule has 0 saturated carbocycles. The van der Waals surface area contributed by atoms with Crippen molar-refractivity contribution in [1.82, 2.24) is 0 Å². The molecule has 0 radical (unpaired) electrons. The van der Waals surface area contributed by atoms with Crippen molar-refractivity contribution in [2.45, 2.75) is 6.18 Å². The summed E-state index contributed by atoms with van der Waals surface area (Å²) in [5.74, 6) is 0. The van der Waals surface area contributed by atoms with E-state index in [0.29, 0.717) is 5.56 Å². The van der Waals surface area contributed by atoms with Crippen LogP contribution in [0.5, 0.6) is 0 Å². The Hall–Kier alpha value is -3.53. The summed E-state index contributed by atoms with van der Waals surface area (Å²) >= 11 is 0. The normalized spacial score (nSPS) is 12.0. The molecule has 0 bridgehead atoms. The van der Waals surface area contributed by atoms with Gasteiger partial charge in [0.15, 0.2) is 0 Å². The zero-order chi connectivity index (χ0) is 20.0. The van der Waals surface area contributed by atoms with E-state index >= 15 is 0 Å². The Morgan fingerprint density at radius 3 is 1.86 bits per heavy atom. The molecule has 4 aromatic carbocycles. The molecule has 0 aliphatic heterocycles. The van der Waals surface area contributed by atoms with E-state index in [-0.39, 0.29) is 0 Å². The van der Waals surface area contributed by atoms with Gasteiger partial charge >= 0.3 is 6.18 Å². The molecule has 0 unspecified atom stereocenters. The lowest BCUT2D eigenvalue weighted by Crippen LogP contribution is -2.04. The van der Waals surface area contributed by atoms with Crippen LogP contribution in [0.3, 0.4) is 0 Å². The topological polar surface area (TPSA) is 13.1 Å². The second kappa shape index (κ2) is 6.52. The molecule has 0 amide bonds. The molecule has 142 valence electrons. The molecule has 0 N–H and O–H groups in total. The number of rotatable bonds is 2. The quantitative estimate of drug-likeness (QED) is 0.299. The third-order valence-electron chi connectivity index (χ3n) is 5.12. The maximum atomic E-state index is 13.0.